The van der Waals surface area contributed by atoms with Crippen LogP contribution in [-0.2, 0) is 25.5 Å². The maximum atomic E-state index is 14.2. The largest absolute Gasteiger partial charge is 0.444 e. The molecule has 3 rings (SSSR count). The van der Waals surface area contributed by atoms with Crippen molar-refractivity contribution in [2.24, 2.45) is 11.7 Å². The molecule has 234 valence electrons. The van der Waals surface area contributed by atoms with Crippen LogP contribution < -0.4 is 11.1 Å². The number of likely N-dealkylation sites (N-methyl/N-ethyl adjacent to an activating group) is 1. The average molecular weight is 586 g/mol. The predicted molar refractivity (Wildman–Crippen MR) is 162 cm³/mol. The molecular formula is C32H51N5O5. The molecule has 0 aromatic heterocycles. The standard InChI is InChI=1S/C32H51N5O5/c1-23(35(5)31(41)42-32(2,3)4)29(39)34-28(25-15-10-7-11-16-25)30(40)37-19-12-17-26(37)22-36(27(38)21-33)20-18-24-13-8-6-9-14-24/h6,8-9,13-14,23,25-26,28H,7,10-12,15-22,33H2,1-5H3,(H,34,39)/t23-,26-,28-/m0/s1. The number of carbonyl (C=O) groups is 4. The van der Waals surface area contributed by atoms with Crippen LogP contribution in [0.4, 0.5) is 4.79 Å². The summed E-state index contributed by atoms with van der Waals surface area (Å²) in [6.45, 7) is 8.41. The van der Waals surface area contributed by atoms with E-state index in [2.05, 4.69) is 5.32 Å². The molecule has 1 saturated carbocycles. The monoisotopic (exact) mass is 585 g/mol. The Morgan fingerprint density at radius 3 is 2.33 bits per heavy atom. The van der Waals surface area contributed by atoms with Gasteiger partial charge in [-0.3, -0.25) is 19.3 Å². The fourth-order valence-electron chi connectivity index (χ4n) is 5.89. The third kappa shape index (κ3) is 9.44. The second-order valence-electron chi connectivity index (χ2n) is 12.8. The van der Waals surface area contributed by atoms with Gasteiger partial charge in [0.1, 0.15) is 17.7 Å². The van der Waals surface area contributed by atoms with Crippen molar-refractivity contribution in [2.75, 3.05) is 33.2 Å². The van der Waals surface area contributed by atoms with Crippen LogP contribution >= 0.6 is 0 Å². The summed E-state index contributed by atoms with van der Waals surface area (Å²) in [5, 5.41) is 3.04. The van der Waals surface area contributed by atoms with Crippen LogP contribution in [0.3, 0.4) is 0 Å². The molecule has 3 N–H and O–H groups in total. The van der Waals surface area contributed by atoms with Gasteiger partial charge in [0.15, 0.2) is 0 Å². The van der Waals surface area contributed by atoms with E-state index >= 15 is 0 Å². The lowest BCUT2D eigenvalue weighted by Crippen LogP contribution is -2.58. The molecule has 1 aromatic carbocycles. The van der Waals surface area contributed by atoms with Gasteiger partial charge in [-0.2, -0.15) is 0 Å². The average Bonchev–Trinajstić information content (AvgIpc) is 3.44. The Bertz CT molecular complexity index is 1050. The number of nitrogens with two attached hydrogens (primary N) is 1. The van der Waals surface area contributed by atoms with E-state index in [-0.39, 0.29) is 36.2 Å². The molecule has 10 nitrogen and oxygen atoms in total. The number of carbonyl (C=O) groups excluding carboxylic acids is 4. The number of hydrogen-bond acceptors (Lipinski definition) is 6. The highest BCUT2D eigenvalue weighted by molar-refractivity contribution is 5.91. The summed E-state index contributed by atoms with van der Waals surface area (Å²) in [7, 11) is 1.53. The van der Waals surface area contributed by atoms with E-state index in [1.165, 1.54) is 11.9 Å². The highest BCUT2D eigenvalue weighted by Gasteiger charge is 2.40. The van der Waals surface area contributed by atoms with Crippen molar-refractivity contribution in [1.29, 1.82) is 0 Å². The number of likely N-dealkylation sites (tertiary alicyclic amines) is 1. The molecule has 10 heteroatoms. The van der Waals surface area contributed by atoms with Crippen LogP contribution in [0, 0.1) is 5.92 Å². The second-order valence-corrected chi connectivity index (χ2v) is 12.8. The molecule has 0 radical (unpaired) electrons. The van der Waals surface area contributed by atoms with Crippen molar-refractivity contribution in [3.05, 3.63) is 35.9 Å². The number of rotatable bonds is 11. The molecule has 0 spiro atoms. The quantitative estimate of drug-likeness (QED) is 0.411. The zero-order valence-electron chi connectivity index (χ0n) is 26.1. The van der Waals surface area contributed by atoms with E-state index in [0.29, 0.717) is 26.1 Å². The van der Waals surface area contributed by atoms with E-state index in [4.69, 9.17) is 10.5 Å². The fraction of sp³-hybridized carbons (Fsp3) is 0.688. The summed E-state index contributed by atoms with van der Waals surface area (Å²) in [5.41, 5.74) is 6.21. The lowest BCUT2D eigenvalue weighted by Gasteiger charge is -2.37. The zero-order valence-corrected chi connectivity index (χ0v) is 26.1. The van der Waals surface area contributed by atoms with E-state index in [1.54, 1.807) is 32.6 Å². The molecule has 1 aromatic rings. The van der Waals surface area contributed by atoms with Gasteiger partial charge in [0, 0.05) is 32.7 Å². The number of hydrogen-bond donors (Lipinski definition) is 2. The van der Waals surface area contributed by atoms with Crippen molar-refractivity contribution in [3.63, 3.8) is 0 Å². The molecule has 3 atom stereocenters. The van der Waals surface area contributed by atoms with E-state index in [9.17, 15) is 19.2 Å². The SMILES string of the molecule is C[C@@H](C(=O)N[C@H](C(=O)N1CCC[C@H]1CN(CCc1ccccc1)C(=O)CN)C1CCCCC1)N(C)C(=O)OC(C)(C)C. The molecule has 2 fully saturated rings. The van der Waals surface area contributed by atoms with Gasteiger partial charge in [0.2, 0.25) is 17.7 Å². The molecule has 1 aliphatic carbocycles. The number of benzene rings is 1. The van der Waals surface area contributed by atoms with Gasteiger partial charge in [-0.25, -0.2) is 4.79 Å². The number of amides is 4. The maximum absolute atomic E-state index is 14.2. The Labute approximate surface area is 251 Å². The molecule has 1 heterocycles. The molecule has 4 amide bonds. The van der Waals surface area contributed by atoms with Gasteiger partial charge >= 0.3 is 6.09 Å². The Balaban J connectivity index is 1.73. The Kier molecular flexibility index (Phi) is 12.2. The van der Waals surface area contributed by atoms with Crippen LogP contribution in [0.25, 0.3) is 0 Å². The van der Waals surface area contributed by atoms with Crippen molar-refractivity contribution in [2.45, 2.75) is 103 Å². The number of nitrogens with zero attached hydrogens (tertiary/aromatic N) is 3. The highest BCUT2D eigenvalue weighted by Crippen LogP contribution is 2.30. The molecule has 1 saturated heterocycles. The topological polar surface area (TPSA) is 125 Å². The molecule has 2 aliphatic rings. The van der Waals surface area contributed by atoms with Crippen molar-refractivity contribution < 1.29 is 23.9 Å². The molecule has 1 aliphatic heterocycles. The van der Waals surface area contributed by atoms with Gasteiger partial charge in [-0.1, -0.05) is 49.6 Å². The molecule has 0 unspecified atom stereocenters. The van der Waals surface area contributed by atoms with Gasteiger partial charge in [-0.05, 0) is 71.3 Å². The summed E-state index contributed by atoms with van der Waals surface area (Å²) in [4.78, 5) is 57.9. The summed E-state index contributed by atoms with van der Waals surface area (Å²) in [6, 6.07) is 8.35. The first kappa shape index (κ1) is 33.4. The van der Waals surface area contributed by atoms with Crippen molar-refractivity contribution in [1.82, 2.24) is 20.0 Å². The highest BCUT2D eigenvalue weighted by atomic mass is 16.6. The first-order chi connectivity index (χ1) is 19.9. The third-order valence-corrected chi connectivity index (χ3v) is 8.46. The van der Waals surface area contributed by atoms with Crippen LogP contribution in [0.2, 0.25) is 0 Å². The maximum Gasteiger partial charge on any atom is 0.410 e. The fourth-order valence-corrected chi connectivity index (χ4v) is 5.89. The summed E-state index contributed by atoms with van der Waals surface area (Å²) in [6.07, 6.45) is 6.60. The third-order valence-electron chi connectivity index (χ3n) is 8.46. The first-order valence-corrected chi connectivity index (χ1v) is 15.5. The lowest BCUT2D eigenvalue weighted by atomic mass is 9.83. The molecule has 42 heavy (non-hydrogen) atoms. The number of nitrogens with one attached hydrogen (secondary N) is 1. The summed E-state index contributed by atoms with van der Waals surface area (Å²) in [5.74, 6) is -0.601. The Morgan fingerprint density at radius 1 is 1.05 bits per heavy atom. The van der Waals surface area contributed by atoms with Crippen LogP contribution in [-0.4, -0.2) is 95.5 Å². The van der Waals surface area contributed by atoms with Crippen LogP contribution in [0.5, 0.6) is 0 Å². The molecular weight excluding hydrogens is 534 g/mol. The minimum absolute atomic E-state index is 0.0235. The van der Waals surface area contributed by atoms with E-state index < -0.39 is 23.8 Å². The van der Waals surface area contributed by atoms with Gasteiger partial charge < -0.3 is 25.6 Å². The van der Waals surface area contributed by atoms with Crippen molar-refractivity contribution in [3.8, 4) is 0 Å². The minimum atomic E-state index is -0.816. The molecule has 0 bridgehead atoms. The normalized spacial score (nSPS) is 19.1. The number of ether oxygens (including phenoxy) is 1. The minimum Gasteiger partial charge on any atom is -0.444 e. The zero-order chi connectivity index (χ0) is 30.9. The lowest BCUT2D eigenvalue weighted by molar-refractivity contribution is -0.141. The first-order valence-electron chi connectivity index (χ1n) is 15.5. The summed E-state index contributed by atoms with van der Waals surface area (Å²) < 4.78 is 5.44. The van der Waals surface area contributed by atoms with Gasteiger partial charge in [0.05, 0.1) is 6.54 Å². The summed E-state index contributed by atoms with van der Waals surface area (Å²) >= 11 is 0. The Hall–Kier alpha value is -3.14. The smallest absolute Gasteiger partial charge is 0.410 e. The van der Waals surface area contributed by atoms with Crippen LogP contribution in [0.1, 0.15) is 78.2 Å². The van der Waals surface area contributed by atoms with E-state index in [1.807, 2.05) is 35.2 Å². The predicted octanol–water partition coefficient (Wildman–Crippen LogP) is 3.33. The van der Waals surface area contributed by atoms with E-state index in [0.717, 1.165) is 50.5 Å². The van der Waals surface area contributed by atoms with Crippen molar-refractivity contribution >= 4 is 23.8 Å². The second kappa shape index (κ2) is 15.4. The Morgan fingerprint density at radius 2 is 1.71 bits per heavy atom. The van der Waals surface area contributed by atoms with Gasteiger partial charge in [-0.15, -0.1) is 0 Å². The van der Waals surface area contributed by atoms with Crippen LogP contribution in [0.15, 0.2) is 30.3 Å². The van der Waals surface area contributed by atoms with Gasteiger partial charge in [0.25, 0.3) is 0 Å².